The first-order chi connectivity index (χ1) is 12.4. The Balaban J connectivity index is 1.90. The summed E-state index contributed by atoms with van der Waals surface area (Å²) >= 11 is 1.34. The maximum Gasteiger partial charge on any atom is 0.311 e. The van der Waals surface area contributed by atoms with Gasteiger partial charge in [-0.2, -0.15) is 0 Å². The average Bonchev–Trinajstić information content (AvgIpc) is 2.61. The number of ether oxygens (including phenoxy) is 1. The second kappa shape index (κ2) is 9.00. The van der Waals surface area contributed by atoms with Gasteiger partial charge < -0.3 is 10.1 Å². The van der Waals surface area contributed by atoms with E-state index in [-0.39, 0.29) is 28.9 Å². The summed E-state index contributed by atoms with van der Waals surface area (Å²) in [7, 11) is 1.38. The Hall–Kier alpha value is -2.87. The molecular weight excluding hydrogens is 356 g/mol. The van der Waals surface area contributed by atoms with E-state index in [4.69, 9.17) is 4.74 Å². The van der Waals surface area contributed by atoms with Gasteiger partial charge in [-0.05, 0) is 30.7 Å². The van der Waals surface area contributed by atoms with Crippen LogP contribution in [0.4, 0.5) is 11.4 Å². The molecule has 0 spiro atoms. The summed E-state index contributed by atoms with van der Waals surface area (Å²) in [6, 6.07) is 11.4. The third-order valence-electron chi connectivity index (χ3n) is 3.49. The molecule has 0 saturated carbocycles. The Kier molecular flexibility index (Phi) is 6.74. The first kappa shape index (κ1) is 19.5. The van der Waals surface area contributed by atoms with Crippen molar-refractivity contribution < 1.29 is 19.2 Å². The predicted molar refractivity (Wildman–Crippen MR) is 101 cm³/mol. The molecule has 2 aromatic rings. The Morgan fingerprint density at radius 2 is 2.00 bits per heavy atom. The number of carbonyl (C=O) groups excluding carboxylic acids is 2. The van der Waals surface area contributed by atoms with E-state index in [9.17, 15) is 19.7 Å². The minimum absolute atomic E-state index is 0.0726. The van der Waals surface area contributed by atoms with E-state index < -0.39 is 4.92 Å². The summed E-state index contributed by atoms with van der Waals surface area (Å²) in [6.07, 6.45) is 0. The highest BCUT2D eigenvalue weighted by Crippen LogP contribution is 2.29. The normalized spacial score (nSPS) is 10.2. The van der Waals surface area contributed by atoms with Gasteiger partial charge in [0.15, 0.2) is 11.5 Å². The maximum absolute atomic E-state index is 12.0. The minimum atomic E-state index is -0.498. The molecule has 2 rings (SSSR count). The van der Waals surface area contributed by atoms with Crippen molar-refractivity contribution >= 4 is 34.8 Å². The fourth-order valence-corrected chi connectivity index (χ4v) is 3.02. The number of anilines is 1. The number of benzene rings is 2. The smallest absolute Gasteiger partial charge is 0.311 e. The molecule has 0 aliphatic rings. The Morgan fingerprint density at radius 1 is 1.23 bits per heavy atom. The highest BCUT2D eigenvalue weighted by atomic mass is 32.2. The fraction of sp³-hybridized carbons (Fsp3) is 0.222. The van der Waals surface area contributed by atoms with Crippen molar-refractivity contribution in [1.29, 1.82) is 0 Å². The summed E-state index contributed by atoms with van der Waals surface area (Å²) in [4.78, 5) is 33.9. The van der Waals surface area contributed by atoms with Crippen molar-refractivity contribution in [1.82, 2.24) is 0 Å². The van der Waals surface area contributed by atoms with E-state index in [1.807, 2.05) is 0 Å². The van der Waals surface area contributed by atoms with Crippen LogP contribution in [0.3, 0.4) is 0 Å². The van der Waals surface area contributed by atoms with E-state index in [1.54, 1.807) is 36.4 Å². The monoisotopic (exact) mass is 374 g/mol. The second-order valence-electron chi connectivity index (χ2n) is 5.44. The molecule has 8 heteroatoms. The number of carbonyl (C=O) groups is 2. The molecule has 2 aromatic carbocycles. The van der Waals surface area contributed by atoms with Crippen molar-refractivity contribution in [2.24, 2.45) is 0 Å². The van der Waals surface area contributed by atoms with Crippen LogP contribution in [-0.2, 0) is 10.5 Å². The molecule has 0 aliphatic carbocycles. The molecule has 136 valence electrons. The molecule has 0 saturated heterocycles. The lowest BCUT2D eigenvalue weighted by molar-refractivity contribution is -0.385. The molecule has 0 bridgehead atoms. The number of Topliss-reactive ketones (excluding diaryl/α,β-unsaturated/α-hetero) is 1. The van der Waals surface area contributed by atoms with Gasteiger partial charge in [-0.15, -0.1) is 11.8 Å². The lowest BCUT2D eigenvalue weighted by Gasteiger charge is -2.07. The number of nitro benzene ring substituents is 1. The number of amides is 1. The number of hydrogen-bond acceptors (Lipinski definition) is 6. The zero-order chi connectivity index (χ0) is 19.1. The summed E-state index contributed by atoms with van der Waals surface area (Å²) in [5.41, 5.74) is 1.72. The van der Waals surface area contributed by atoms with E-state index in [0.717, 1.165) is 5.56 Å². The molecule has 0 unspecified atom stereocenters. The van der Waals surface area contributed by atoms with Crippen LogP contribution in [0, 0.1) is 10.1 Å². The quantitative estimate of drug-likeness (QED) is 0.430. The summed E-state index contributed by atoms with van der Waals surface area (Å²) < 4.78 is 4.96. The summed E-state index contributed by atoms with van der Waals surface area (Å²) in [5, 5.41) is 13.8. The van der Waals surface area contributed by atoms with Crippen LogP contribution in [0.2, 0.25) is 0 Å². The van der Waals surface area contributed by atoms with Gasteiger partial charge in [0.25, 0.3) is 0 Å². The van der Waals surface area contributed by atoms with Crippen LogP contribution >= 0.6 is 11.8 Å². The number of rotatable bonds is 8. The van der Waals surface area contributed by atoms with Gasteiger partial charge in [-0.25, -0.2) is 0 Å². The molecule has 0 fully saturated rings. The van der Waals surface area contributed by atoms with Crippen molar-refractivity contribution in [3.8, 4) is 5.75 Å². The predicted octanol–water partition coefficient (Wildman–Crippen LogP) is 3.68. The molecule has 0 aromatic heterocycles. The molecule has 7 nitrogen and oxygen atoms in total. The molecular formula is C18H18N2O5S. The van der Waals surface area contributed by atoms with Gasteiger partial charge in [0.05, 0.1) is 17.8 Å². The molecule has 26 heavy (non-hydrogen) atoms. The van der Waals surface area contributed by atoms with Gasteiger partial charge >= 0.3 is 5.69 Å². The fourth-order valence-electron chi connectivity index (χ4n) is 2.24. The Morgan fingerprint density at radius 3 is 2.65 bits per heavy atom. The highest BCUT2D eigenvalue weighted by Gasteiger charge is 2.15. The van der Waals surface area contributed by atoms with Gasteiger partial charge in [0, 0.05) is 23.1 Å². The zero-order valence-corrected chi connectivity index (χ0v) is 15.2. The SMILES string of the molecule is COc1ccc(CSCC(=O)Nc2cccc(C(C)=O)c2)cc1[N+](=O)[O-]. The van der Waals surface area contributed by atoms with Crippen molar-refractivity contribution in [3.63, 3.8) is 0 Å². The number of nitrogens with zero attached hydrogens (tertiary/aromatic N) is 1. The van der Waals surface area contributed by atoms with E-state index >= 15 is 0 Å². The number of hydrogen-bond donors (Lipinski definition) is 1. The standard InChI is InChI=1S/C18H18N2O5S/c1-12(21)14-4-3-5-15(9-14)19-18(22)11-26-10-13-6-7-17(25-2)16(8-13)20(23)24/h3-9H,10-11H2,1-2H3,(H,19,22). The average molecular weight is 374 g/mol. The van der Waals surface area contributed by atoms with Gasteiger partial charge in [-0.1, -0.05) is 18.2 Å². The van der Waals surface area contributed by atoms with Crippen molar-refractivity contribution in [2.45, 2.75) is 12.7 Å². The largest absolute Gasteiger partial charge is 0.490 e. The van der Waals surface area contributed by atoms with Crippen molar-refractivity contribution in [2.75, 3.05) is 18.2 Å². The number of thioether (sulfide) groups is 1. The lowest BCUT2D eigenvalue weighted by Crippen LogP contribution is -2.14. The number of ketones is 1. The van der Waals surface area contributed by atoms with Crippen LogP contribution in [0.5, 0.6) is 5.75 Å². The van der Waals surface area contributed by atoms with Crippen LogP contribution in [0.15, 0.2) is 42.5 Å². The number of methoxy groups -OCH3 is 1. The Labute approximate surface area is 154 Å². The van der Waals surface area contributed by atoms with Crippen LogP contribution in [-0.4, -0.2) is 29.5 Å². The minimum Gasteiger partial charge on any atom is -0.490 e. The van der Waals surface area contributed by atoms with E-state index in [1.165, 1.54) is 31.9 Å². The number of nitrogens with one attached hydrogen (secondary N) is 1. The van der Waals surface area contributed by atoms with Crippen LogP contribution < -0.4 is 10.1 Å². The van der Waals surface area contributed by atoms with Crippen molar-refractivity contribution in [3.05, 3.63) is 63.7 Å². The molecule has 0 radical (unpaired) electrons. The first-order valence-electron chi connectivity index (χ1n) is 7.70. The molecule has 1 N–H and O–H groups in total. The maximum atomic E-state index is 12.0. The topological polar surface area (TPSA) is 98.5 Å². The summed E-state index contributed by atoms with van der Waals surface area (Å²) in [6.45, 7) is 1.46. The lowest BCUT2D eigenvalue weighted by atomic mass is 10.1. The molecule has 0 aliphatic heterocycles. The first-order valence-corrected chi connectivity index (χ1v) is 8.86. The zero-order valence-electron chi connectivity index (χ0n) is 14.4. The third kappa shape index (κ3) is 5.32. The molecule has 1 amide bonds. The molecule has 0 heterocycles. The second-order valence-corrected chi connectivity index (χ2v) is 6.43. The van der Waals surface area contributed by atoms with E-state index in [2.05, 4.69) is 5.32 Å². The molecule has 0 atom stereocenters. The third-order valence-corrected chi connectivity index (χ3v) is 4.50. The highest BCUT2D eigenvalue weighted by molar-refractivity contribution is 7.99. The van der Waals surface area contributed by atoms with Crippen LogP contribution in [0.25, 0.3) is 0 Å². The van der Waals surface area contributed by atoms with Gasteiger partial charge in [0.1, 0.15) is 0 Å². The van der Waals surface area contributed by atoms with Crippen LogP contribution in [0.1, 0.15) is 22.8 Å². The Bertz CT molecular complexity index is 838. The van der Waals surface area contributed by atoms with Gasteiger partial charge in [-0.3, -0.25) is 19.7 Å². The summed E-state index contributed by atoms with van der Waals surface area (Å²) in [5.74, 6) is 0.553. The van der Waals surface area contributed by atoms with Gasteiger partial charge in [0.2, 0.25) is 5.91 Å². The van der Waals surface area contributed by atoms with E-state index in [0.29, 0.717) is 17.0 Å². The number of nitro groups is 1.